The van der Waals surface area contributed by atoms with Crippen LogP contribution in [-0.2, 0) is 7.05 Å². The molecule has 0 bridgehead atoms. The van der Waals surface area contributed by atoms with Gasteiger partial charge in [-0.15, -0.1) is 0 Å². The van der Waals surface area contributed by atoms with Crippen molar-refractivity contribution >= 4 is 5.97 Å². The number of likely N-dealkylation sites (tertiary alicyclic amines) is 1. The first-order valence-corrected chi connectivity index (χ1v) is 7.11. The van der Waals surface area contributed by atoms with E-state index in [0.717, 1.165) is 24.3 Å². The van der Waals surface area contributed by atoms with Crippen LogP contribution < -0.4 is 0 Å². The van der Waals surface area contributed by atoms with E-state index >= 15 is 0 Å². The lowest BCUT2D eigenvalue weighted by Gasteiger charge is -2.11. The molecule has 0 radical (unpaired) electrons. The Bertz CT molecular complexity index is 661. The van der Waals surface area contributed by atoms with Crippen molar-refractivity contribution in [2.75, 3.05) is 20.1 Å². The van der Waals surface area contributed by atoms with Gasteiger partial charge in [-0.25, -0.2) is 4.79 Å². The Hall–Kier alpha value is -2.14. The highest BCUT2D eigenvalue weighted by Gasteiger charge is 2.21. The molecule has 1 aromatic carbocycles. The van der Waals surface area contributed by atoms with Crippen molar-refractivity contribution < 1.29 is 9.90 Å². The molecular formula is C16H19N3O2. The van der Waals surface area contributed by atoms with Crippen LogP contribution in [0.3, 0.4) is 0 Å². The summed E-state index contributed by atoms with van der Waals surface area (Å²) in [6, 6.07) is 10.0. The number of likely N-dealkylation sites (N-methyl/N-ethyl adjacent to an activating group) is 1. The number of carboxylic acid groups (broad SMARTS) is 1. The van der Waals surface area contributed by atoms with Gasteiger partial charge in [0, 0.05) is 13.6 Å². The highest BCUT2D eigenvalue weighted by atomic mass is 16.4. The predicted molar refractivity (Wildman–Crippen MR) is 80.5 cm³/mol. The van der Waals surface area contributed by atoms with E-state index in [9.17, 15) is 4.79 Å². The molecule has 5 nitrogen and oxygen atoms in total. The van der Waals surface area contributed by atoms with Crippen molar-refractivity contribution in [2.45, 2.75) is 12.3 Å². The normalized spacial score (nSPS) is 19.0. The fourth-order valence-electron chi connectivity index (χ4n) is 2.98. The summed E-state index contributed by atoms with van der Waals surface area (Å²) in [5.74, 6) is -0.396. The van der Waals surface area contributed by atoms with E-state index in [-0.39, 0.29) is 5.69 Å². The average molecular weight is 285 g/mol. The summed E-state index contributed by atoms with van der Waals surface area (Å²) in [7, 11) is 3.92. The number of carbonyl (C=O) groups is 1. The Morgan fingerprint density at radius 2 is 2.00 bits per heavy atom. The van der Waals surface area contributed by atoms with Crippen LogP contribution in [0.4, 0.5) is 0 Å². The van der Waals surface area contributed by atoms with Crippen molar-refractivity contribution in [3.63, 3.8) is 0 Å². The van der Waals surface area contributed by atoms with Crippen molar-refractivity contribution in [1.82, 2.24) is 14.7 Å². The number of aromatic carboxylic acids is 1. The van der Waals surface area contributed by atoms with Crippen LogP contribution in [0, 0.1) is 0 Å². The molecule has 1 saturated heterocycles. The molecule has 1 aromatic heterocycles. The fraction of sp³-hybridized carbons (Fsp3) is 0.375. The Labute approximate surface area is 123 Å². The SMILES string of the molecule is CN1CCC(c2ccc(-c3cc(C(=O)O)nn3C)cc2)C1. The predicted octanol–water partition coefficient (Wildman–Crippen LogP) is 2.20. The Balaban J connectivity index is 1.85. The highest BCUT2D eigenvalue weighted by Crippen LogP contribution is 2.28. The number of nitrogens with zero attached hydrogens (tertiary/aromatic N) is 3. The van der Waals surface area contributed by atoms with Crippen molar-refractivity contribution in [2.24, 2.45) is 7.05 Å². The van der Waals surface area contributed by atoms with Crippen LogP contribution in [0.2, 0.25) is 0 Å². The molecule has 1 aliphatic heterocycles. The van der Waals surface area contributed by atoms with Gasteiger partial charge in [-0.1, -0.05) is 24.3 Å². The average Bonchev–Trinajstić information content (AvgIpc) is 3.05. The summed E-state index contributed by atoms with van der Waals surface area (Å²) >= 11 is 0. The summed E-state index contributed by atoms with van der Waals surface area (Å²) in [6.45, 7) is 2.25. The summed E-state index contributed by atoms with van der Waals surface area (Å²) in [6.07, 6.45) is 1.20. The van der Waals surface area contributed by atoms with Crippen molar-refractivity contribution in [1.29, 1.82) is 0 Å². The molecule has 2 aromatic rings. The standard InChI is InChI=1S/C16H19N3O2/c1-18-8-7-13(10-18)11-3-5-12(6-4-11)15-9-14(16(20)21)17-19(15)2/h3-6,9,13H,7-8,10H2,1-2H3,(H,20,21). The largest absolute Gasteiger partial charge is 0.476 e. The first kappa shape index (κ1) is 13.8. The van der Waals surface area contributed by atoms with E-state index in [0.29, 0.717) is 5.92 Å². The maximum atomic E-state index is 11.0. The van der Waals surface area contributed by atoms with Gasteiger partial charge in [0.15, 0.2) is 5.69 Å². The van der Waals surface area contributed by atoms with Gasteiger partial charge in [0.1, 0.15) is 0 Å². The molecule has 3 rings (SSSR count). The first-order valence-electron chi connectivity index (χ1n) is 7.11. The molecule has 110 valence electrons. The minimum atomic E-state index is -0.998. The van der Waals surface area contributed by atoms with E-state index in [1.165, 1.54) is 12.0 Å². The van der Waals surface area contributed by atoms with Gasteiger partial charge in [0.05, 0.1) is 5.69 Å². The van der Waals surface area contributed by atoms with Gasteiger partial charge in [0.25, 0.3) is 0 Å². The van der Waals surface area contributed by atoms with Gasteiger partial charge >= 0.3 is 5.97 Å². The van der Waals surface area contributed by atoms with Crippen LogP contribution in [0.15, 0.2) is 30.3 Å². The zero-order chi connectivity index (χ0) is 15.0. The summed E-state index contributed by atoms with van der Waals surface area (Å²) < 4.78 is 1.61. The maximum Gasteiger partial charge on any atom is 0.356 e. The highest BCUT2D eigenvalue weighted by molar-refractivity contribution is 5.87. The second-order valence-electron chi connectivity index (χ2n) is 5.71. The molecule has 1 atom stereocenters. The van der Waals surface area contributed by atoms with Crippen molar-refractivity contribution in [3.05, 3.63) is 41.6 Å². The number of benzene rings is 1. The molecule has 21 heavy (non-hydrogen) atoms. The fourth-order valence-corrected chi connectivity index (χ4v) is 2.98. The summed E-state index contributed by atoms with van der Waals surface area (Å²) in [4.78, 5) is 13.3. The lowest BCUT2D eigenvalue weighted by atomic mass is 9.97. The first-order chi connectivity index (χ1) is 10.0. The molecule has 0 spiro atoms. The molecule has 1 aliphatic rings. The molecular weight excluding hydrogens is 266 g/mol. The van der Waals surface area contributed by atoms with E-state index in [1.807, 2.05) is 0 Å². The van der Waals surface area contributed by atoms with Crippen LogP contribution in [0.25, 0.3) is 11.3 Å². The smallest absolute Gasteiger partial charge is 0.356 e. The van der Waals surface area contributed by atoms with Gasteiger partial charge in [-0.3, -0.25) is 4.68 Å². The van der Waals surface area contributed by atoms with Crippen LogP contribution >= 0.6 is 0 Å². The topological polar surface area (TPSA) is 58.4 Å². The minimum Gasteiger partial charge on any atom is -0.476 e. The molecule has 0 amide bonds. The monoisotopic (exact) mass is 285 g/mol. The number of aryl methyl sites for hydroxylation is 1. The van der Waals surface area contributed by atoms with E-state index in [4.69, 9.17) is 5.11 Å². The Morgan fingerprint density at radius 1 is 1.29 bits per heavy atom. The lowest BCUT2D eigenvalue weighted by Crippen LogP contribution is -2.13. The molecule has 5 heteroatoms. The second kappa shape index (κ2) is 5.33. The molecule has 0 aliphatic carbocycles. The summed E-state index contributed by atoms with van der Waals surface area (Å²) in [5.41, 5.74) is 3.24. The lowest BCUT2D eigenvalue weighted by molar-refractivity contribution is 0.0689. The molecule has 1 unspecified atom stereocenters. The quantitative estimate of drug-likeness (QED) is 0.939. The van der Waals surface area contributed by atoms with Crippen LogP contribution in [-0.4, -0.2) is 45.9 Å². The van der Waals surface area contributed by atoms with E-state index in [2.05, 4.69) is 41.3 Å². The molecule has 1 N–H and O–H groups in total. The third-order valence-electron chi connectivity index (χ3n) is 4.17. The maximum absolute atomic E-state index is 11.0. The molecule has 0 saturated carbocycles. The number of carboxylic acids is 1. The molecule has 1 fully saturated rings. The van der Waals surface area contributed by atoms with Gasteiger partial charge < -0.3 is 10.0 Å². The van der Waals surface area contributed by atoms with Crippen LogP contribution in [0.5, 0.6) is 0 Å². The Kier molecular flexibility index (Phi) is 3.51. The van der Waals surface area contributed by atoms with E-state index < -0.39 is 5.97 Å². The number of hydrogen-bond acceptors (Lipinski definition) is 3. The van der Waals surface area contributed by atoms with Gasteiger partial charge in [-0.2, -0.15) is 5.10 Å². The minimum absolute atomic E-state index is 0.0778. The Morgan fingerprint density at radius 3 is 2.52 bits per heavy atom. The number of rotatable bonds is 3. The zero-order valence-electron chi connectivity index (χ0n) is 12.3. The van der Waals surface area contributed by atoms with E-state index in [1.54, 1.807) is 17.8 Å². The van der Waals surface area contributed by atoms with Crippen LogP contribution in [0.1, 0.15) is 28.4 Å². The second-order valence-corrected chi connectivity index (χ2v) is 5.71. The summed E-state index contributed by atoms with van der Waals surface area (Å²) in [5, 5.41) is 13.0. The third-order valence-corrected chi connectivity index (χ3v) is 4.17. The third kappa shape index (κ3) is 2.69. The van der Waals surface area contributed by atoms with Crippen molar-refractivity contribution in [3.8, 4) is 11.3 Å². The molecule has 2 heterocycles. The number of hydrogen-bond donors (Lipinski definition) is 1. The van der Waals surface area contributed by atoms with Gasteiger partial charge in [0.2, 0.25) is 0 Å². The van der Waals surface area contributed by atoms with Gasteiger partial charge in [-0.05, 0) is 43.1 Å². The zero-order valence-corrected chi connectivity index (χ0v) is 12.3. The number of aromatic nitrogens is 2.